The predicted molar refractivity (Wildman–Crippen MR) is 73.4 cm³/mol. The van der Waals surface area contributed by atoms with E-state index in [-0.39, 0.29) is 5.41 Å². The standard InChI is InChI=1S/C15H25NO/c1-15(2,3)14-8-6-7-13(11-14)12-16(4)9-10-17-5/h6-8,11H,9-10,12H2,1-5H3. The Labute approximate surface area is 106 Å². The molecule has 0 bridgehead atoms. The molecule has 1 aromatic rings. The molecule has 17 heavy (non-hydrogen) atoms. The third-order valence-corrected chi connectivity index (χ3v) is 2.92. The summed E-state index contributed by atoms with van der Waals surface area (Å²) in [6, 6.07) is 8.86. The second kappa shape index (κ2) is 6.18. The van der Waals surface area contributed by atoms with Crippen LogP contribution in [0.15, 0.2) is 24.3 Å². The molecular formula is C15H25NO. The Morgan fingerprint density at radius 1 is 1.24 bits per heavy atom. The lowest BCUT2D eigenvalue weighted by Crippen LogP contribution is -2.22. The topological polar surface area (TPSA) is 12.5 Å². The Hall–Kier alpha value is -0.860. The van der Waals surface area contributed by atoms with Crippen LogP contribution in [0.1, 0.15) is 31.9 Å². The first kappa shape index (κ1) is 14.2. The van der Waals surface area contributed by atoms with Gasteiger partial charge in [-0.15, -0.1) is 0 Å². The summed E-state index contributed by atoms with van der Waals surface area (Å²) in [5.41, 5.74) is 2.99. The van der Waals surface area contributed by atoms with Gasteiger partial charge in [-0.2, -0.15) is 0 Å². The highest BCUT2D eigenvalue weighted by Crippen LogP contribution is 2.23. The fourth-order valence-electron chi connectivity index (χ4n) is 1.77. The number of hydrogen-bond acceptors (Lipinski definition) is 2. The van der Waals surface area contributed by atoms with Crippen molar-refractivity contribution >= 4 is 0 Å². The van der Waals surface area contributed by atoms with Crippen LogP contribution in [0.4, 0.5) is 0 Å². The molecule has 1 aromatic carbocycles. The summed E-state index contributed by atoms with van der Waals surface area (Å²) in [7, 11) is 3.87. The molecular weight excluding hydrogens is 210 g/mol. The summed E-state index contributed by atoms with van der Waals surface area (Å²) >= 11 is 0. The van der Waals surface area contributed by atoms with Gasteiger partial charge in [-0.1, -0.05) is 45.0 Å². The molecule has 0 amide bonds. The molecule has 0 heterocycles. The van der Waals surface area contributed by atoms with Crippen LogP contribution in [-0.2, 0) is 16.7 Å². The van der Waals surface area contributed by atoms with Crippen molar-refractivity contribution in [3.63, 3.8) is 0 Å². The van der Waals surface area contributed by atoms with Crippen LogP contribution in [0.3, 0.4) is 0 Å². The van der Waals surface area contributed by atoms with Crippen LogP contribution in [0.25, 0.3) is 0 Å². The predicted octanol–water partition coefficient (Wildman–Crippen LogP) is 3.06. The fraction of sp³-hybridized carbons (Fsp3) is 0.600. The van der Waals surface area contributed by atoms with Crippen LogP contribution >= 0.6 is 0 Å². The first-order valence-corrected chi connectivity index (χ1v) is 6.20. The zero-order chi connectivity index (χ0) is 12.9. The molecule has 0 N–H and O–H groups in total. The Kier molecular flexibility index (Phi) is 5.16. The Morgan fingerprint density at radius 2 is 1.94 bits per heavy atom. The van der Waals surface area contributed by atoms with Crippen molar-refractivity contribution in [3.05, 3.63) is 35.4 Å². The lowest BCUT2D eigenvalue weighted by atomic mass is 9.86. The molecule has 0 aliphatic heterocycles. The fourth-order valence-corrected chi connectivity index (χ4v) is 1.77. The van der Waals surface area contributed by atoms with E-state index in [1.165, 1.54) is 11.1 Å². The summed E-state index contributed by atoms with van der Waals surface area (Å²) in [6.45, 7) is 9.49. The number of nitrogens with zero attached hydrogens (tertiary/aromatic N) is 1. The van der Waals surface area contributed by atoms with Gasteiger partial charge in [0.1, 0.15) is 0 Å². The van der Waals surface area contributed by atoms with E-state index in [1.54, 1.807) is 7.11 Å². The maximum atomic E-state index is 5.09. The number of rotatable bonds is 5. The quantitative estimate of drug-likeness (QED) is 0.777. The van der Waals surface area contributed by atoms with E-state index in [4.69, 9.17) is 4.74 Å². The molecule has 0 unspecified atom stereocenters. The molecule has 0 fully saturated rings. The lowest BCUT2D eigenvalue weighted by Gasteiger charge is -2.21. The van der Waals surface area contributed by atoms with Gasteiger partial charge in [0, 0.05) is 20.2 Å². The van der Waals surface area contributed by atoms with Crippen molar-refractivity contribution in [3.8, 4) is 0 Å². The van der Waals surface area contributed by atoms with Crippen LogP contribution in [0.2, 0.25) is 0 Å². The third kappa shape index (κ3) is 4.88. The zero-order valence-corrected chi connectivity index (χ0v) is 11.8. The van der Waals surface area contributed by atoms with E-state index in [1.807, 2.05) is 0 Å². The van der Waals surface area contributed by atoms with Crippen LogP contribution in [0.5, 0.6) is 0 Å². The molecule has 2 heteroatoms. The molecule has 1 rings (SSSR count). The molecule has 0 saturated heterocycles. The lowest BCUT2D eigenvalue weighted by molar-refractivity contribution is 0.158. The van der Waals surface area contributed by atoms with E-state index in [0.717, 1.165) is 19.7 Å². The Morgan fingerprint density at radius 3 is 2.53 bits per heavy atom. The number of likely N-dealkylation sites (N-methyl/N-ethyl adjacent to an activating group) is 1. The summed E-state index contributed by atoms with van der Waals surface area (Å²) < 4.78 is 5.09. The van der Waals surface area contributed by atoms with Crippen molar-refractivity contribution in [1.29, 1.82) is 0 Å². The Balaban J connectivity index is 2.66. The minimum absolute atomic E-state index is 0.223. The monoisotopic (exact) mass is 235 g/mol. The number of ether oxygens (including phenoxy) is 1. The number of methoxy groups -OCH3 is 1. The summed E-state index contributed by atoms with van der Waals surface area (Å²) in [5.74, 6) is 0. The summed E-state index contributed by atoms with van der Waals surface area (Å²) in [4.78, 5) is 2.28. The molecule has 0 radical (unpaired) electrons. The van der Waals surface area contributed by atoms with Crippen molar-refractivity contribution in [2.45, 2.75) is 32.7 Å². The van der Waals surface area contributed by atoms with Gasteiger partial charge in [-0.05, 0) is 23.6 Å². The van der Waals surface area contributed by atoms with E-state index in [2.05, 4.69) is 57.0 Å². The van der Waals surface area contributed by atoms with Crippen LogP contribution in [0, 0.1) is 0 Å². The van der Waals surface area contributed by atoms with Crippen molar-refractivity contribution in [2.24, 2.45) is 0 Å². The molecule has 0 aromatic heterocycles. The zero-order valence-electron chi connectivity index (χ0n) is 11.8. The number of benzene rings is 1. The van der Waals surface area contributed by atoms with Gasteiger partial charge in [-0.3, -0.25) is 4.90 Å². The third-order valence-electron chi connectivity index (χ3n) is 2.92. The van der Waals surface area contributed by atoms with Crippen molar-refractivity contribution < 1.29 is 4.74 Å². The smallest absolute Gasteiger partial charge is 0.0589 e. The SMILES string of the molecule is COCCN(C)Cc1cccc(C(C)(C)C)c1. The molecule has 96 valence electrons. The first-order valence-electron chi connectivity index (χ1n) is 6.20. The second-order valence-electron chi connectivity index (χ2n) is 5.68. The van der Waals surface area contributed by atoms with Crippen LogP contribution in [-0.4, -0.2) is 32.2 Å². The van der Waals surface area contributed by atoms with Gasteiger partial charge in [0.15, 0.2) is 0 Å². The normalized spacial score (nSPS) is 12.1. The van der Waals surface area contributed by atoms with Gasteiger partial charge in [0.25, 0.3) is 0 Å². The van der Waals surface area contributed by atoms with Gasteiger partial charge in [0.05, 0.1) is 6.61 Å². The van der Waals surface area contributed by atoms with Gasteiger partial charge >= 0.3 is 0 Å². The molecule has 0 saturated carbocycles. The van der Waals surface area contributed by atoms with E-state index >= 15 is 0 Å². The molecule has 0 spiro atoms. The van der Waals surface area contributed by atoms with E-state index in [9.17, 15) is 0 Å². The largest absolute Gasteiger partial charge is 0.383 e. The minimum atomic E-state index is 0.223. The average Bonchev–Trinajstić information content (AvgIpc) is 2.25. The maximum Gasteiger partial charge on any atom is 0.0589 e. The highest BCUT2D eigenvalue weighted by atomic mass is 16.5. The molecule has 0 atom stereocenters. The van der Waals surface area contributed by atoms with Crippen molar-refractivity contribution in [1.82, 2.24) is 4.90 Å². The van der Waals surface area contributed by atoms with Gasteiger partial charge in [-0.25, -0.2) is 0 Å². The minimum Gasteiger partial charge on any atom is -0.383 e. The van der Waals surface area contributed by atoms with Gasteiger partial charge in [0.2, 0.25) is 0 Å². The van der Waals surface area contributed by atoms with E-state index in [0.29, 0.717) is 0 Å². The summed E-state index contributed by atoms with van der Waals surface area (Å²) in [6.07, 6.45) is 0. The molecule has 2 nitrogen and oxygen atoms in total. The highest BCUT2D eigenvalue weighted by molar-refractivity contribution is 5.28. The second-order valence-corrected chi connectivity index (χ2v) is 5.68. The highest BCUT2D eigenvalue weighted by Gasteiger charge is 2.13. The maximum absolute atomic E-state index is 5.09. The Bertz CT molecular complexity index is 341. The number of hydrogen-bond donors (Lipinski definition) is 0. The van der Waals surface area contributed by atoms with Crippen molar-refractivity contribution in [2.75, 3.05) is 27.3 Å². The summed E-state index contributed by atoms with van der Waals surface area (Å²) in [5, 5.41) is 0. The molecule has 0 aliphatic rings. The average molecular weight is 235 g/mol. The van der Waals surface area contributed by atoms with E-state index < -0.39 is 0 Å². The van der Waals surface area contributed by atoms with Crippen LogP contribution < -0.4 is 0 Å². The first-order chi connectivity index (χ1) is 7.93. The molecule has 0 aliphatic carbocycles. The van der Waals surface area contributed by atoms with Gasteiger partial charge < -0.3 is 4.74 Å².